The van der Waals surface area contributed by atoms with Crippen molar-refractivity contribution in [3.63, 3.8) is 0 Å². The van der Waals surface area contributed by atoms with E-state index in [1.807, 2.05) is 13.8 Å². The fourth-order valence-electron chi connectivity index (χ4n) is 1.80. The molecule has 0 spiro atoms. The van der Waals surface area contributed by atoms with Crippen molar-refractivity contribution >= 4 is 15.7 Å². The minimum Gasteiger partial charge on any atom is -0.280 e. The summed E-state index contributed by atoms with van der Waals surface area (Å²) in [7, 11) is -3.69. The monoisotopic (exact) mass is 293 g/mol. The summed E-state index contributed by atoms with van der Waals surface area (Å²) < 4.78 is 39.7. The molecule has 0 atom stereocenters. The molecule has 0 unspecified atom stereocenters. The molecule has 5 heteroatoms. The van der Waals surface area contributed by atoms with Crippen molar-refractivity contribution in [3.8, 4) is 0 Å². The molecule has 0 aliphatic carbocycles. The Morgan fingerprint density at radius 2 is 1.70 bits per heavy atom. The molecule has 0 amide bonds. The third-order valence-electron chi connectivity index (χ3n) is 2.93. The van der Waals surface area contributed by atoms with Crippen LogP contribution in [-0.4, -0.2) is 8.42 Å². The molecular weight excluding hydrogens is 277 g/mol. The van der Waals surface area contributed by atoms with E-state index < -0.39 is 15.8 Å². The zero-order valence-electron chi connectivity index (χ0n) is 11.3. The van der Waals surface area contributed by atoms with Crippen LogP contribution in [0.4, 0.5) is 10.1 Å². The first-order valence-corrected chi connectivity index (χ1v) is 7.75. The van der Waals surface area contributed by atoms with Gasteiger partial charge < -0.3 is 0 Å². The number of hydrogen-bond donors (Lipinski definition) is 1. The van der Waals surface area contributed by atoms with Crippen LogP contribution in [0.25, 0.3) is 0 Å². The Kier molecular flexibility index (Phi) is 4.09. The Bertz CT molecular complexity index is 694. The molecular formula is C15H16FNO2S. The number of anilines is 1. The van der Waals surface area contributed by atoms with E-state index in [4.69, 9.17) is 0 Å². The first-order chi connectivity index (χ1) is 9.38. The number of nitrogens with one attached hydrogen (secondary N) is 1. The summed E-state index contributed by atoms with van der Waals surface area (Å²) >= 11 is 0. The van der Waals surface area contributed by atoms with Crippen molar-refractivity contribution < 1.29 is 12.8 Å². The van der Waals surface area contributed by atoms with Crippen LogP contribution in [0.15, 0.2) is 53.4 Å². The highest BCUT2D eigenvalue weighted by Gasteiger charge is 2.14. The van der Waals surface area contributed by atoms with E-state index in [1.54, 1.807) is 24.3 Å². The third-order valence-corrected chi connectivity index (χ3v) is 4.33. The minimum absolute atomic E-state index is 0.158. The maximum atomic E-state index is 13.1. The molecule has 0 aliphatic rings. The molecule has 106 valence electrons. The summed E-state index contributed by atoms with van der Waals surface area (Å²) in [6.45, 7) is 4.07. The molecule has 0 saturated heterocycles. The van der Waals surface area contributed by atoms with Gasteiger partial charge in [-0.25, -0.2) is 12.8 Å². The Balaban J connectivity index is 2.26. The molecule has 2 aromatic rings. The van der Waals surface area contributed by atoms with E-state index in [-0.39, 0.29) is 10.6 Å². The molecule has 0 fully saturated rings. The molecule has 0 aromatic heterocycles. The number of hydrogen-bond acceptors (Lipinski definition) is 2. The lowest BCUT2D eigenvalue weighted by molar-refractivity contribution is 0.601. The topological polar surface area (TPSA) is 46.2 Å². The van der Waals surface area contributed by atoms with Crippen LogP contribution in [0.3, 0.4) is 0 Å². The number of halogens is 1. The molecule has 20 heavy (non-hydrogen) atoms. The molecule has 0 saturated carbocycles. The summed E-state index contributed by atoms with van der Waals surface area (Å²) in [4.78, 5) is 0.158. The largest absolute Gasteiger partial charge is 0.280 e. The van der Waals surface area contributed by atoms with Crippen LogP contribution in [0.2, 0.25) is 0 Å². The highest BCUT2D eigenvalue weighted by Crippen LogP contribution is 2.20. The predicted octanol–water partition coefficient (Wildman–Crippen LogP) is 3.75. The van der Waals surface area contributed by atoms with Crippen molar-refractivity contribution in [2.45, 2.75) is 24.7 Å². The zero-order valence-corrected chi connectivity index (χ0v) is 12.1. The maximum Gasteiger partial charge on any atom is 0.261 e. The molecule has 0 aliphatic heterocycles. The normalized spacial score (nSPS) is 11.6. The summed E-state index contributed by atoms with van der Waals surface area (Å²) in [5.41, 5.74) is 1.27. The highest BCUT2D eigenvalue weighted by molar-refractivity contribution is 7.92. The molecule has 0 bridgehead atoms. The fraction of sp³-hybridized carbons (Fsp3) is 0.200. The van der Waals surface area contributed by atoms with Crippen LogP contribution in [0.1, 0.15) is 25.3 Å². The molecule has 2 rings (SSSR count). The lowest BCUT2D eigenvalue weighted by atomic mass is 10.0. The van der Waals surface area contributed by atoms with E-state index >= 15 is 0 Å². The van der Waals surface area contributed by atoms with Crippen LogP contribution in [0.5, 0.6) is 0 Å². The van der Waals surface area contributed by atoms with Gasteiger partial charge in [-0.3, -0.25) is 4.72 Å². The average Bonchev–Trinajstić information content (AvgIpc) is 2.38. The maximum absolute atomic E-state index is 13.1. The molecule has 0 radical (unpaired) electrons. The van der Waals surface area contributed by atoms with Gasteiger partial charge in [-0.05, 0) is 41.8 Å². The number of sulfonamides is 1. The first kappa shape index (κ1) is 14.5. The van der Waals surface area contributed by atoms with Gasteiger partial charge >= 0.3 is 0 Å². The lowest BCUT2D eigenvalue weighted by Crippen LogP contribution is -2.13. The van der Waals surface area contributed by atoms with E-state index in [0.29, 0.717) is 5.92 Å². The third kappa shape index (κ3) is 3.36. The second kappa shape index (κ2) is 5.63. The molecule has 3 nitrogen and oxygen atoms in total. The summed E-state index contributed by atoms with van der Waals surface area (Å²) in [6.07, 6.45) is 0. The van der Waals surface area contributed by atoms with Crippen LogP contribution >= 0.6 is 0 Å². The standard InChI is InChI=1S/C15H16FNO2S/c1-11(2)12-6-8-15(9-7-12)20(18,19)17-14-5-3-4-13(16)10-14/h3-11,17H,1-2H3. The van der Waals surface area contributed by atoms with Crippen molar-refractivity contribution in [3.05, 3.63) is 59.9 Å². The van der Waals surface area contributed by atoms with Crippen LogP contribution < -0.4 is 4.72 Å². The number of rotatable bonds is 4. The van der Waals surface area contributed by atoms with Crippen molar-refractivity contribution in [1.29, 1.82) is 0 Å². The van der Waals surface area contributed by atoms with E-state index in [2.05, 4.69) is 4.72 Å². The Labute approximate surface area is 118 Å². The average molecular weight is 293 g/mol. The van der Waals surface area contributed by atoms with Gasteiger partial charge in [0.15, 0.2) is 0 Å². The first-order valence-electron chi connectivity index (χ1n) is 6.27. The Hall–Kier alpha value is -1.88. The van der Waals surface area contributed by atoms with Gasteiger partial charge in [0.2, 0.25) is 0 Å². The van der Waals surface area contributed by atoms with Gasteiger partial charge in [-0.2, -0.15) is 0 Å². The van der Waals surface area contributed by atoms with E-state index in [1.165, 1.54) is 18.2 Å². The van der Waals surface area contributed by atoms with Gasteiger partial charge in [0, 0.05) is 0 Å². The van der Waals surface area contributed by atoms with Crippen molar-refractivity contribution in [2.24, 2.45) is 0 Å². The zero-order chi connectivity index (χ0) is 14.8. The summed E-state index contributed by atoms with van der Waals surface area (Å²) in [5, 5.41) is 0. The fourth-order valence-corrected chi connectivity index (χ4v) is 2.85. The van der Waals surface area contributed by atoms with Gasteiger partial charge in [0.05, 0.1) is 10.6 Å². The van der Waals surface area contributed by atoms with Crippen LogP contribution in [0, 0.1) is 5.82 Å². The van der Waals surface area contributed by atoms with Gasteiger partial charge in [0.1, 0.15) is 5.82 Å². The Morgan fingerprint density at radius 3 is 2.25 bits per heavy atom. The van der Waals surface area contributed by atoms with Gasteiger partial charge in [0.25, 0.3) is 10.0 Å². The molecule has 0 heterocycles. The smallest absolute Gasteiger partial charge is 0.261 e. The predicted molar refractivity (Wildman–Crippen MR) is 77.7 cm³/mol. The van der Waals surface area contributed by atoms with Crippen molar-refractivity contribution in [1.82, 2.24) is 0 Å². The summed E-state index contributed by atoms with van der Waals surface area (Å²) in [5.74, 6) is -0.150. The highest BCUT2D eigenvalue weighted by atomic mass is 32.2. The van der Waals surface area contributed by atoms with Crippen LogP contribution in [-0.2, 0) is 10.0 Å². The number of benzene rings is 2. The van der Waals surface area contributed by atoms with Gasteiger partial charge in [-0.1, -0.05) is 32.0 Å². The van der Waals surface area contributed by atoms with Crippen molar-refractivity contribution in [2.75, 3.05) is 4.72 Å². The quantitative estimate of drug-likeness (QED) is 0.933. The minimum atomic E-state index is -3.69. The molecule has 2 aromatic carbocycles. The lowest BCUT2D eigenvalue weighted by Gasteiger charge is -2.10. The summed E-state index contributed by atoms with van der Waals surface area (Å²) in [6, 6.07) is 12.0. The molecule has 1 N–H and O–H groups in total. The van der Waals surface area contributed by atoms with E-state index in [9.17, 15) is 12.8 Å². The SMILES string of the molecule is CC(C)c1ccc(S(=O)(=O)Nc2cccc(F)c2)cc1. The van der Waals surface area contributed by atoms with Gasteiger partial charge in [-0.15, -0.1) is 0 Å². The van der Waals surface area contributed by atoms with E-state index in [0.717, 1.165) is 11.6 Å². The Morgan fingerprint density at radius 1 is 1.05 bits per heavy atom. The second-order valence-electron chi connectivity index (χ2n) is 4.84. The second-order valence-corrected chi connectivity index (χ2v) is 6.52.